The van der Waals surface area contributed by atoms with Crippen molar-refractivity contribution in [1.82, 2.24) is 9.97 Å². The molecule has 0 aliphatic carbocycles. The normalized spacial score (nSPS) is 11.4. The number of hydrogen-bond donors (Lipinski definition) is 2. The van der Waals surface area contributed by atoms with Crippen LogP contribution in [0.2, 0.25) is 5.02 Å². The highest BCUT2D eigenvalue weighted by molar-refractivity contribution is 6.30. The van der Waals surface area contributed by atoms with Gasteiger partial charge in [-0.1, -0.05) is 16.8 Å². The molecule has 8 heteroatoms. The summed E-state index contributed by atoms with van der Waals surface area (Å²) >= 11 is 5.55. The van der Waals surface area contributed by atoms with Gasteiger partial charge in [0.2, 0.25) is 5.88 Å². The number of aromatic nitrogens is 2. The summed E-state index contributed by atoms with van der Waals surface area (Å²) in [7, 11) is 0. The number of oxime groups is 1. The van der Waals surface area contributed by atoms with E-state index in [4.69, 9.17) is 27.3 Å². The number of rotatable bonds is 3. The Morgan fingerprint density at radius 3 is 2.74 bits per heavy atom. The highest BCUT2D eigenvalue weighted by Crippen LogP contribution is 2.23. The molecular weight excluding hydrogens is 275 g/mol. The second-order valence-electron chi connectivity index (χ2n) is 3.40. The van der Waals surface area contributed by atoms with Crippen LogP contribution in [-0.2, 0) is 0 Å². The maximum absolute atomic E-state index is 13.2. The van der Waals surface area contributed by atoms with E-state index in [2.05, 4.69) is 15.1 Å². The molecule has 2 rings (SSSR count). The second-order valence-corrected chi connectivity index (χ2v) is 3.81. The fraction of sp³-hybridized carbons (Fsp3) is 0. The van der Waals surface area contributed by atoms with Gasteiger partial charge >= 0.3 is 0 Å². The zero-order chi connectivity index (χ0) is 13.8. The molecule has 0 amide bonds. The van der Waals surface area contributed by atoms with Crippen molar-refractivity contribution in [1.29, 1.82) is 0 Å². The van der Waals surface area contributed by atoms with Crippen molar-refractivity contribution in [2.24, 2.45) is 10.9 Å². The number of halogens is 2. The molecule has 98 valence electrons. The van der Waals surface area contributed by atoms with E-state index in [9.17, 15) is 4.39 Å². The fourth-order valence-corrected chi connectivity index (χ4v) is 1.33. The molecule has 0 atom stereocenters. The molecule has 0 bridgehead atoms. The first-order valence-corrected chi connectivity index (χ1v) is 5.41. The summed E-state index contributed by atoms with van der Waals surface area (Å²) < 4.78 is 18.5. The number of hydrogen-bond acceptors (Lipinski definition) is 5. The van der Waals surface area contributed by atoms with E-state index >= 15 is 0 Å². The minimum atomic E-state index is -0.597. The molecular formula is C11H8ClFN4O2. The number of amidine groups is 1. The second kappa shape index (κ2) is 5.49. The van der Waals surface area contributed by atoms with Crippen LogP contribution in [0.25, 0.3) is 0 Å². The van der Waals surface area contributed by atoms with Crippen molar-refractivity contribution in [2.75, 3.05) is 0 Å². The molecule has 2 aromatic rings. The average molecular weight is 283 g/mol. The Morgan fingerprint density at radius 2 is 2.16 bits per heavy atom. The zero-order valence-electron chi connectivity index (χ0n) is 9.42. The molecule has 0 spiro atoms. The minimum absolute atomic E-state index is 0.000660. The lowest BCUT2D eigenvalue weighted by atomic mass is 10.3. The van der Waals surface area contributed by atoms with Gasteiger partial charge in [0.15, 0.2) is 5.84 Å². The van der Waals surface area contributed by atoms with Crippen molar-refractivity contribution in [3.05, 3.63) is 47.1 Å². The summed E-state index contributed by atoms with van der Waals surface area (Å²) in [5, 5.41) is 11.2. The largest absolute Gasteiger partial charge is 0.437 e. The summed E-state index contributed by atoms with van der Waals surface area (Å²) in [6.45, 7) is 0. The Bertz CT molecular complexity index is 619. The quantitative estimate of drug-likeness (QED) is 0.389. The van der Waals surface area contributed by atoms with Gasteiger partial charge in [-0.05, 0) is 12.1 Å². The predicted molar refractivity (Wildman–Crippen MR) is 66.0 cm³/mol. The van der Waals surface area contributed by atoms with Crippen molar-refractivity contribution >= 4 is 17.4 Å². The van der Waals surface area contributed by atoms with Crippen LogP contribution in [0.15, 0.2) is 35.7 Å². The highest BCUT2D eigenvalue weighted by Gasteiger charge is 2.06. The summed E-state index contributed by atoms with van der Waals surface area (Å²) in [6.07, 6.45) is 2.52. The van der Waals surface area contributed by atoms with Crippen LogP contribution in [0.5, 0.6) is 11.6 Å². The molecule has 0 aliphatic heterocycles. The molecule has 0 radical (unpaired) electrons. The van der Waals surface area contributed by atoms with Gasteiger partial charge in [-0.2, -0.15) is 0 Å². The van der Waals surface area contributed by atoms with E-state index in [-0.39, 0.29) is 28.2 Å². The van der Waals surface area contributed by atoms with Crippen molar-refractivity contribution in [3.63, 3.8) is 0 Å². The maximum Gasteiger partial charge on any atom is 0.237 e. The number of benzene rings is 1. The van der Waals surface area contributed by atoms with Gasteiger partial charge in [0.25, 0.3) is 0 Å². The monoisotopic (exact) mass is 282 g/mol. The first kappa shape index (κ1) is 13.0. The Labute approximate surface area is 112 Å². The molecule has 1 aromatic heterocycles. The molecule has 0 unspecified atom stereocenters. The minimum Gasteiger partial charge on any atom is -0.437 e. The van der Waals surface area contributed by atoms with Gasteiger partial charge in [-0.25, -0.2) is 14.4 Å². The smallest absolute Gasteiger partial charge is 0.237 e. The molecule has 3 N–H and O–H groups in total. The van der Waals surface area contributed by atoms with Crippen LogP contribution in [0.1, 0.15) is 5.69 Å². The summed E-state index contributed by atoms with van der Waals surface area (Å²) in [4.78, 5) is 7.75. The third-order valence-electron chi connectivity index (χ3n) is 2.11. The molecule has 0 aliphatic rings. The van der Waals surface area contributed by atoms with Crippen molar-refractivity contribution < 1.29 is 14.3 Å². The van der Waals surface area contributed by atoms with E-state index in [1.165, 1.54) is 24.5 Å². The molecule has 0 fully saturated rings. The van der Waals surface area contributed by atoms with E-state index < -0.39 is 5.82 Å². The Balaban J connectivity index is 2.17. The van der Waals surface area contributed by atoms with E-state index in [0.717, 1.165) is 6.07 Å². The third kappa shape index (κ3) is 3.08. The van der Waals surface area contributed by atoms with E-state index in [0.29, 0.717) is 0 Å². The molecule has 19 heavy (non-hydrogen) atoms. The lowest BCUT2D eigenvalue weighted by Crippen LogP contribution is -2.15. The SMILES string of the molecule is N/C(=N/O)c1cnc(Oc2ccc(Cl)c(F)c2)cn1. The Morgan fingerprint density at radius 1 is 1.37 bits per heavy atom. The van der Waals surface area contributed by atoms with E-state index in [1.807, 2.05) is 0 Å². The first-order chi connectivity index (χ1) is 9.10. The van der Waals surface area contributed by atoms with Crippen LogP contribution >= 0.6 is 11.6 Å². The van der Waals surface area contributed by atoms with Gasteiger partial charge in [0, 0.05) is 6.07 Å². The zero-order valence-corrected chi connectivity index (χ0v) is 10.2. The summed E-state index contributed by atoms with van der Waals surface area (Å²) in [5.74, 6) is -0.402. The third-order valence-corrected chi connectivity index (χ3v) is 2.42. The molecule has 0 saturated heterocycles. The predicted octanol–water partition coefficient (Wildman–Crippen LogP) is 2.16. The maximum atomic E-state index is 13.2. The average Bonchev–Trinajstić information content (AvgIpc) is 2.43. The van der Waals surface area contributed by atoms with E-state index in [1.54, 1.807) is 0 Å². The number of nitrogens with zero attached hydrogens (tertiary/aromatic N) is 3. The van der Waals surface area contributed by atoms with Gasteiger partial charge in [-0.3, -0.25) is 0 Å². The molecule has 1 aromatic carbocycles. The van der Waals surface area contributed by atoms with Crippen LogP contribution < -0.4 is 10.5 Å². The van der Waals surface area contributed by atoms with Crippen LogP contribution in [-0.4, -0.2) is 21.0 Å². The van der Waals surface area contributed by atoms with Crippen molar-refractivity contribution in [2.45, 2.75) is 0 Å². The number of ether oxygens (including phenoxy) is 1. The lowest BCUT2D eigenvalue weighted by Gasteiger charge is -2.05. The van der Waals surface area contributed by atoms with Gasteiger partial charge < -0.3 is 15.7 Å². The Kier molecular flexibility index (Phi) is 3.76. The van der Waals surface area contributed by atoms with Gasteiger partial charge in [-0.15, -0.1) is 0 Å². The lowest BCUT2D eigenvalue weighted by molar-refractivity contribution is 0.318. The standard InChI is InChI=1S/C11H8ClFN4O2/c12-7-2-1-6(3-8(7)13)19-10-5-15-9(4-16-10)11(14)17-18/h1-5,18H,(H2,14,17). The summed E-state index contributed by atoms with van der Waals surface area (Å²) in [5.41, 5.74) is 5.52. The fourth-order valence-electron chi connectivity index (χ4n) is 1.21. The highest BCUT2D eigenvalue weighted by atomic mass is 35.5. The molecule has 0 saturated carbocycles. The van der Waals surface area contributed by atoms with Gasteiger partial charge in [0.1, 0.15) is 17.3 Å². The Hall–Kier alpha value is -2.41. The van der Waals surface area contributed by atoms with Crippen LogP contribution in [0.4, 0.5) is 4.39 Å². The topological polar surface area (TPSA) is 93.6 Å². The van der Waals surface area contributed by atoms with Crippen LogP contribution in [0.3, 0.4) is 0 Å². The summed E-state index contributed by atoms with van der Waals surface area (Å²) in [6, 6.07) is 3.98. The van der Waals surface area contributed by atoms with Crippen LogP contribution in [0, 0.1) is 5.82 Å². The molecule has 1 heterocycles. The first-order valence-electron chi connectivity index (χ1n) is 5.03. The molecule has 6 nitrogen and oxygen atoms in total. The van der Waals surface area contributed by atoms with Crippen molar-refractivity contribution in [3.8, 4) is 11.6 Å². The number of nitrogens with two attached hydrogens (primary N) is 1. The van der Waals surface area contributed by atoms with Gasteiger partial charge in [0.05, 0.1) is 17.4 Å².